The van der Waals surface area contributed by atoms with Crippen molar-refractivity contribution in [1.29, 1.82) is 0 Å². The minimum absolute atomic E-state index is 0.146. The first-order chi connectivity index (χ1) is 16.1. The van der Waals surface area contributed by atoms with Gasteiger partial charge in [0, 0.05) is 51.9 Å². The van der Waals surface area contributed by atoms with Gasteiger partial charge < -0.3 is 9.84 Å². The average Bonchev–Trinajstić information content (AvgIpc) is 2.85. The predicted molar refractivity (Wildman–Crippen MR) is 128 cm³/mol. The van der Waals surface area contributed by atoms with E-state index in [9.17, 15) is 4.79 Å². The van der Waals surface area contributed by atoms with E-state index >= 15 is 0 Å². The van der Waals surface area contributed by atoms with Gasteiger partial charge >= 0.3 is 5.97 Å². The Labute approximate surface area is 195 Å². The first-order valence-electron chi connectivity index (χ1n) is 11.5. The van der Waals surface area contributed by atoms with Gasteiger partial charge in [-0.05, 0) is 47.4 Å². The average molecular weight is 446 g/mol. The van der Waals surface area contributed by atoms with Gasteiger partial charge in [0.1, 0.15) is 12.4 Å². The Bertz CT molecular complexity index is 999. The van der Waals surface area contributed by atoms with Gasteiger partial charge in [-0.3, -0.25) is 19.6 Å². The maximum Gasteiger partial charge on any atom is 0.303 e. The molecule has 0 atom stereocenters. The number of carboxylic acid groups (broad SMARTS) is 1. The van der Waals surface area contributed by atoms with Gasteiger partial charge in [0.25, 0.3) is 0 Å². The van der Waals surface area contributed by atoms with E-state index in [2.05, 4.69) is 45.1 Å². The van der Waals surface area contributed by atoms with Crippen molar-refractivity contribution in [2.24, 2.45) is 0 Å². The van der Waals surface area contributed by atoms with E-state index < -0.39 is 5.97 Å². The molecule has 6 heteroatoms. The number of benzene rings is 2. The summed E-state index contributed by atoms with van der Waals surface area (Å²) in [6, 6.07) is 22.4. The monoisotopic (exact) mass is 445 g/mol. The van der Waals surface area contributed by atoms with Crippen LogP contribution in [0.1, 0.15) is 28.8 Å². The number of pyridine rings is 1. The van der Waals surface area contributed by atoms with E-state index in [1.54, 1.807) is 0 Å². The maximum absolute atomic E-state index is 10.7. The van der Waals surface area contributed by atoms with E-state index in [0.29, 0.717) is 13.0 Å². The molecule has 2 heterocycles. The fourth-order valence-corrected chi connectivity index (χ4v) is 4.00. The Morgan fingerprint density at radius 2 is 1.45 bits per heavy atom. The lowest BCUT2D eigenvalue weighted by Crippen LogP contribution is -2.45. The SMILES string of the molecule is O=C(O)CCc1ccc(OCc2ccc(CN3CCN(Cc4ccccn4)CC3)cc2)cc1. The van der Waals surface area contributed by atoms with E-state index in [1.807, 2.05) is 42.6 Å². The first kappa shape index (κ1) is 23.0. The normalized spacial score (nSPS) is 14.8. The molecule has 1 aromatic heterocycles. The second kappa shape index (κ2) is 11.6. The third kappa shape index (κ3) is 7.41. The number of hydrogen-bond donors (Lipinski definition) is 1. The summed E-state index contributed by atoms with van der Waals surface area (Å²) in [7, 11) is 0. The number of hydrogen-bond acceptors (Lipinski definition) is 5. The molecule has 0 bridgehead atoms. The van der Waals surface area contributed by atoms with Crippen LogP contribution in [0.15, 0.2) is 72.9 Å². The Morgan fingerprint density at radius 3 is 2.09 bits per heavy atom. The highest BCUT2D eigenvalue weighted by molar-refractivity contribution is 5.67. The van der Waals surface area contributed by atoms with Crippen LogP contribution in [-0.4, -0.2) is 52.0 Å². The summed E-state index contributed by atoms with van der Waals surface area (Å²) in [5.74, 6) is 0.0170. The molecule has 2 aromatic carbocycles. The molecule has 1 N–H and O–H groups in total. The third-order valence-electron chi connectivity index (χ3n) is 5.96. The zero-order valence-corrected chi connectivity index (χ0v) is 18.9. The van der Waals surface area contributed by atoms with Crippen LogP contribution in [0.2, 0.25) is 0 Å². The van der Waals surface area contributed by atoms with Gasteiger partial charge in [-0.1, -0.05) is 42.5 Å². The molecular formula is C27H31N3O3. The molecule has 1 aliphatic heterocycles. The van der Waals surface area contributed by atoms with E-state index in [-0.39, 0.29) is 6.42 Å². The second-order valence-corrected chi connectivity index (χ2v) is 8.52. The molecule has 1 fully saturated rings. The smallest absolute Gasteiger partial charge is 0.303 e. The number of rotatable bonds is 10. The summed E-state index contributed by atoms with van der Waals surface area (Å²) < 4.78 is 5.89. The van der Waals surface area contributed by atoms with Crippen molar-refractivity contribution >= 4 is 5.97 Å². The number of carbonyl (C=O) groups is 1. The third-order valence-corrected chi connectivity index (χ3v) is 5.96. The minimum Gasteiger partial charge on any atom is -0.489 e. The quantitative estimate of drug-likeness (QED) is 0.509. The summed E-state index contributed by atoms with van der Waals surface area (Å²) in [5.41, 5.74) is 4.60. The highest BCUT2D eigenvalue weighted by atomic mass is 16.5. The molecule has 0 amide bonds. The lowest BCUT2D eigenvalue weighted by Gasteiger charge is -2.34. The van der Waals surface area contributed by atoms with Crippen molar-refractivity contribution in [1.82, 2.24) is 14.8 Å². The van der Waals surface area contributed by atoms with Gasteiger partial charge in [0.05, 0.1) is 5.69 Å². The Morgan fingerprint density at radius 1 is 0.818 bits per heavy atom. The van der Waals surface area contributed by atoms with E-state index in [4.69, 9.17) is 9.84 Å². The first-order valence-corrected chi connectivity index (χ1v) is 11.5. The summed E-state index contributed by atoms with van der Waals surface area (Å²) >= 11 is 0. The number of ether oxygens (including phenoxy) is 1. The maximum atomic E-state index is 10.7. The fraction of sp³-hybridized carbons (Fsp3) is 0.333. The summed E-state index contributed by atoms with van der Waals surface area (Å²) in [6.45, 7) is 6.68. The Hall–Kier alpha value is -3.22. The molecular weight excluding hydrogens is 414 g/mol. The number of carboxylic acids is 1. The summed E-state index contributed by atoms with van der Waals surface area (Å²) in [5, 5.41) is 8.78. The second-order valence-electron chi connectivity index (χ2n) is 8.52. The van der Waals surface area contributed by atoms with Crippen molar-refractivity contribution in [3.63, 3.8) is 0 Å². The molecule has 4 rings (SSSR count). The predicted octanol–water partition coefficient (Wildman–Crippen LogP) is 4.00. The highest BCUT2D eigenvalue weighted by Gasteiger charge is 2.17. The van der Waals surface area contributed by atoms with Gasteiger partial charge in [-0.15, -0.1) is 0 Å². The highest BCUT2D eigenvalue weighted by Crippen LogP contribution is 2.16. The molecule has 0 aliphatic carbocycles. The molecule has 172 valence electrons. The van der Waals surface area contributed by atoms with E-state index in [1.165, 1.54) is 5.56 Å². The van der Waals surface area contributed by atoms with Crippen LogP contribution < -0.4 is 4.74 Å². The molecule has 0 radical (unpaired) electrons. The van der Waals surface area contributed by atoms with Gasteiger partial charge in [-0.2, -0.15) is 0 Å². The summed E-state index contributed by atoms with van der Waals surface area (Å²) in [6.07, 6.45) is 2.55. The summed E-state index contributed by atoms with van der Waals surface area (Å²) in [4.78, 5) is 20.1. The molecule has 3 aromatic rings. The number of piperazine rings is 1. The standard InChI is InChI=1S/C27H31N3O3/c31-27(32)13-10-22-8-11-26(12-9-22)33-21-24-6-4-23(5-7-24)19-29-15-17-30(18-16-29)20-25-3-1-2-14-28-25/h1-9,11-12,14H,10,13,15-21H2,(H,31,32). The largest absolute Gasteiger partial charge is 0.489 e. The molecule has 1 saturated heterocycles. The van der Waals surface area contributed by atoms with Crippen LogP contribution in [0.4, 0.5) is 0 Å². The van der Waals surface area contributed by atoms with Gasteiger partial charge in [0.2, 0.25) is 0 Å². The van der Waals surface area contributed by atoms with E-state index in [0.717, 1.165) is 61.8 Å². The minimum atomic E-state index is -0.776. The molecule has 0 saturated carbocycles. The lowest BCUT2D eigenvalue weighted by atomic mass is 10.1. The number of aliphatic carboxylic acids is 1. The van der Waals surface area contributed by atoms with Crippen LogP contribution in [0.3, 0.4) is 0 Å². The molecule has 0 spiro atoms. The zero-order valence-electron chi connectivity index (χ0n) is 18.9. The topological polar surface area (TPSA) is 65.9 Å². The van der Waals surface area contributed by atoms with Crippen LogP contribution in [0.25, 0.3) is 0 Å². The number of aromatic nitrogens is 1. The molecule has 1 aliphatic rings. The zero-order chi connectivity index (χ0) is 22.9. The molecule has 33 heavy (non-hydrogen) atoms. The van der Waals surface area contributed by atoms with Crippen molar-refractivity contribution in [3.05, 3.63) is 95.3 Å². The van der Waals surface area contributed by atoms with Crippen molar-refractivity contribution < 1.29 is 14.6 Å². The van der Waals surface area contributed by atoms with Crippen LogP contribution in [0.5, 0.6) is 5.75 Å². The number of aryl methyl sites for hydroxylation is 1. The Balaban J connectivity index is 1.18. The van der Waals surface area contributed by atoms with Crippen molar-refractivity contribution in [2.75, 3.05) is 26.2 Å². The Kier molecular flexibility index (Phi) is 8.06. The van der Waals surface area contributed by atoms with Crippen LogP contribution in [-0.2, 0) is 30.9 Å². The molecule has 0 unspecified atom stereocenters. The van der Waals surface area contributed by atoms with Crippen LogP contribution >= 0.6 is 0 Å². The number of nitrogens with zero attached hydrogens (tertiary/aromatic N) is 3. The van der Waals surface area contributed by atoms with Crippen LogP contribution in [0, 0.1) is 0 Å². The fourth-order valence-electron chi connectivity index (χ4n) is 4.00. The molecule has 6 nitrogen and oxygen atoms in total. The van der Waals surface area contributed by atoms with Crippen molar-refractivity contribution in [2.45, 2.75) is 32.5 Å². The van der Waals surface area contributed by atoms with Gasteiger partial charge in [-0.25, -0.2) is 0 Å². The van der Waals surface area contributed by atoms with Crippen molar-refractivity contribution in [3.8, 4) is 5.75 Å². The lowest BCUT2D eigenvalue weighted by molar-refractivity contribution is -0.136. The van der Waals surface area contributed by atoms with Gasteiger partial charge in [0.15, 0.2) is 0 Å².